The average Bonchev–Trinajstić information content (AvgIpc) is 3.60. The Hall–Kier alpha value is -3.37. The molecule has 5 rings (SSSR count). The van der Waals surface area contributed by atoms with Gasteiger partial charge in [-0.1, -0.05) is 18.2 Å². The summed E-state index contributed by atoms with van der Waals surface area (Å²) in [5, 5.41) is 13.7. The van der Waals surface area contributed by atoms with E-state index in [2.05, 4.69) is 34.6 Å². The summed E-state index contributed by atoms with van der Waals surface area (Å²) in [6, 6.07) is 14.3. The molecule has 0 spiro atoms. The molecule has 1 saturated heterocycles. The molecule has 174 valence electrons. The van der Waals surface area contributed by atoms with Crippen LogP contribution in [0, 0.1) is 11.3 Å². The number of nitrogens with zero attached hydrogens (tertiary/aromatic N) is 3. The van der Waals surface area contributed by atoms with Crippen molar-refractivity contribution in [3.8, 4) is 32.8 Å². The largest absolute Gasteiger partial charge is 0.490 e. The van der Waals surface area contributed by atoms with Gasteiger partial charge in [0.05, 0.1) is 22.6 Å². The van der Waals surface area contributed by atoms with Gasteiger partial charge in [-0.2, -0.15) is 5.26 Å². The summed E-state index contributed by atoms with van der Waals surface area (Å²) in [5.41, 5.74) is 5.11. The quantitative estimate of drug-likeness (QED) is 0.499. The molecule has 3 aromatic rings. The number of fused-ring (bicyclic) bond motifs is 1. The van der Waals surface area contributed by atoms with Crippen LogP contribution in [-0.2, 0) is 6.42 Å². The molecule has 7 heteroatoms. The van der Waals surface area contributed by atoms with Gasteiger partial charge in [-0.05, 0) is 74.4 Å². The van der Waals surface area contributed by atoms with Gasteiger partial charge in [0.25, 0.3) is 0 Å². The molecule has 0 radical (unpaired) electrons. The minimum absolute atomic E-state index is 0.00792. The van der Waals surface area contributed by atoms with Gasteiger partial charge in [0.15, 0.2) is 0 Å². The van der Waals surface area contributed by atoms with Crippen molar-refractivity contribution in [2.75, 3.05) is 13.1 Å². The van der Waals surface area contributed by atoms with E-state index in [1.165, 1.54) is 16.7 Å². The molecule has 0 bridgehead atoms. The zero-order valence-electron chi connectivity index (χ0n) is 19.5. The number of likely N-dealkylation sites (tertiary alicyclic amines) is 1. The van der Waals surface area contributed by atoms with Crippen molar-refractivity contribution in [1.29, 1.82) is 5.26 Å². The third kappa shape index (κ3) is 4.38. The lowest BCUT2D eigenvalue weighted by molar-refractivity contribution is 0.204. The second kappa shape index (κ2) is 9.47. The molecule has 2 aromatic carbocycles. The standard InChI is InChI=1S/C27H28N4O2S/c1-17(2)33-24-11-8-18(14-19(24)15-28)26-29-16-25(34-26)22-7-5-6-21-20(22)9-10-23(21)30-27(32)31-12-3-4-13-31/h5-8,11,14,16-17,23H,3-4,9-10,12-13H2,1-2H3,(H,30,32)/t23-/m0/s1. The molecule has 1 aromatic heterocycles. The smallest absolute Gasteiger partial charge is 0.317 e. The first-order valence-electron chi connectivity index (χ1n) is 11.9. The van der Waals surface area contributed by atoms with Crippen molar-refractivity contribution >= 4 is 17.4 Å². The van der Waals surface area contributed by atoms with E-state index in [9.17, 15) is 10.1 Å². The number of hydrogen-bond acceptors (Lipinski definition) is 5. The van der Waals surface area contributed by atoms with Crippen molar-refractivity contribution in [2.24, 2.45) is 0 Å². The van der Waals surface area contributed by atoms with Crippen molar-refractivity contribution in [1.82, 2.24) is 15.2 Å². The van der Waals surface area contributed by atoms with Gasteiger partial charge in [-0.25, -0.2) is 9.78 Å². The van der Waals surface area contributed by atoms with Gasteiger partial charge in [0.1, 0.15) is 16.8 Å². The molecular formula is C27H28N4O2S. The van der Waals surface area contributed by atoms with Gasteiger partial charge < -0.3 is 15.0 Å². The van der Waals surface area contributed by atoms with Crippen LogP contribution in [0.1, 0.15) is 55.8 Å². The summed E-state index contributed by atoms with van der Waals surface area (Å²) in [5.74, 6) is 0.598. The lowest BCUT2D eigenvalue weighted by Crippen LogP contribution is -2.39. The van der Waals surface area contributed by atoms with E-state index in [-0.39, 0.29) is 18.2 Å². The molecule has 1 atom stereocenters. The number of aromatic nitrogens is 1. The molecule has 2 amide bonds. The van der Waals surface area contributed by atoms with Crippen LogP contribution in [0.25, 0.3) is 21.0 Å². The normalized spacial score (nSPS) is 17.0. The SMILES string of the molecule is CC(C)Oc1ccc(-c2ncc(-c3cccc4c3CC[C@@H]4NC(=O)N3CCCC3)s2)cc1C#N. The Bertz CT molecular complexity index is 1250. The number of benzene rings is 2. The lowest BCUT2D eigenvalue weighted by atomic mass is 10.0. The van der Waals surface area contributed by atoms with E-state index in [1.807, 2.05) is 43.1 Å². The minimum Gasteiger partial charge on any atom is -0.490 e. The third-order valence-corrected chi connectivity index (χ3v) is 7.52. The molecule has 1 fully saturated rings. The van der Waals surface area contributed by atoms with E-state index in [0.29, 0.717) is 11.3 Å². The Morgan fingerprint density at radius 1 is 1.26 bits per heavy atom. The molecule has 2 heterocycles. The minimum atomic E-state index is 0.00792. The summed E-state index contributed by atoms with van der Waals surface area (Å²) in [6.45, 7) is 5.60. The van der Waals surface area contributed by atoms with Crippen LogP contribution in [0.2, 0.25) is 0 Å². The van der Waals surface area contributed by atoms with Crippen LogP contribution in [0.15, 0.2) is 42.6 Å². The van der Waals surface area contributed by atoms with E-state index < -0.39 is 0 Å². The van der Waals surface area contributed by atoms with Crippen LogP contribution in [0.4, 0.5) is 4.79 Å². The Balaban J connectivity index is 1.39. The van der Waals surface area contributed by atoms with Crippen LogP contribution >= 0.6 is 11.3 Å². The van der Waals surface area contributed by atoms with Crippen molar-refractivity contribution in [2.45, 2.75) is 51.7 Å². The topological polar surface area (TPSA) is 78.2 Å². The van der Waals surface area contributed by atoms with Gasteiger partial charge in [0, 0.05) is 24.8 Å². The Labute approximate surface area is 204 Å². The number of urea groups is 1. The maximum atomic E-state index is 12.6. The van der Waals surface area contributed by atoms with Crippen LogP contribution in [0.5, 0.6) is 5.75 Å². The molecule has 6 nitrogen and oxygen atoms in total. The number of rotatable bonds is 5. The third-order valence-electron chi connectivity index (χ3n) is 6.44. The molecule has 1 N–H and O–H groups in total. The number of ether oxygens (including phenoxy) is 1. The predicted octanol–water partition coefficient (Wildman–Crippen LogP) is 5.93. The summed E-state index contributed by atoms with van der Waals surface area (Å²) in [4.78, 5) is 20.3. The van der Waals surface area contributed by atoms with E-state index in [0.717, 1.165) is 54.2 Å². The fourth-order valence-corrected chi connectivity index (χ4v) is 5.80. The summed E-state index contributed by atoms with van der Waals surface area (Å²) < 4.78 is 5.75. The first-order chi connectivity index (χ1) is 16.5. The van der Waals surface area contributed by atoms with E-state index >= 15 is 0 Å². The maximum Gasteiger partial charge on any atom is 0.317 e. The van der Waals surface area contributed by atoms with Gasteiger partial charge in [-0.3, -0.25) is 0 Å². The number of nitriles is 1. The summed E-state index contributed by atoms with van der Waals surface area (Å²) >= 11 is 1.62. The van der Waals surface area contributed by atoms with Gasteiger partial charge >= 0.3 is 6.03 Å². The van der Waals surface area contributed by atoms with Gasteiger partial charge in [-0.15, -0.1) is 11.3 Å². The molecule has 0 unspecified atom stereocenters. The highest BCUT2D eigenvalue weighted by atomic mass is 32.1. The lowest BCUT2D eigenvalue weighted by Gasteiger charge is -2.21. The second-order valence-electron chi connectivity index (χ2n) is 9.13. The van der Waals surface area contributed by atoms with Crippen molar-refractivity contribution in [3.63, 3.8) is 0 Å². The van der Waals surface area contributed by atoms with Crippen LogP contribution in [0.3, 0.4) is 0 Å². The molecule has 2 aliphatic rings. The Kier molecular flexibility index (Phi) is 6.25. The van der Waals surface area contributed by atoms with Crippen molar-refractivity contribution in [3.05, 3.63) is 59.3 Å². The fourth-order valence-electron chi connectivity index (χ4n) is 4.83. The highest BCUT2D eigenvalue weighted by Gasteiger charge is 2.29. The Morgan fingerprint density at radius 3 is 2.85 bits per heavy atom. The van der Waals surface area contributed by atoms with Gasteiger partial charge in [0.2, 0.25) is 0 Å². The number of thiazole rings is 1. The van der Waals surface area contributed by atoms with Crippen LogP contribution in [-0.4, -0.2) is 35.1 Å². The monoisotopic (exact) mass is 472 g/mol. The Morgan fingerprint density at radius 2 is 2.09 bits per heavy atom. The highest BCUT2D eigenvalue weighted by molar-refractivity contribution is 7.18. The second-order valence-corrected chi connectivity index (χ2v) is 10.2. The molecular weight excluding hydrogens is 444 g/mol. The van der Waals surface area contributed by atoms with Crippen LogP contribution < -0.4 is 10.1 Å². The zero-order chi connectivity index (χ0) is 23.7. The molecule has 0 saturated carbocycles. The van der Waals surface area contributed by atoms with E-state index in [1.54, 1.807) is 11.3 Å². The molecule has 34 heavy (non-hydrogen) atoms. The fraction of sp³-hybridized carbons (Fsp3) is 0.370. The highest BCUT2D eigenvalue weighted by Crippen LogP contribution is 2.41. The van der Waals surface area contributed by atoms with E-state index in [4.69, 9.17) is 4.74 Å². The van der Waals surface area contributed by atoms with Crippen molar-refractivity contribution < 1.29 is 9.53 Å². The molecule has 1 aliphatic heterocycles. The zero-order valence-corrected chi connectivity index (χ0v) is 20.3. The predicted molar refractivity (Wildman–Crippen MR) is 134 cm³/mol. The number of hydrogen-bond donors (Lipinski definition) is 1. The number of amides is 2. The number of carbonyl (C=O) groups is 1. The first kappa shape index (κ1) is 22.4. The maximum absolute atomic E-state index is 12.6. The number of nitrogens with one attached hydrogen (secondary N) is 1. The first-order valence-corrected chi connectivity index (χ1v) is 12.7. The average molecular weight is 473 g/mol. The number of carbonyl (C=O) groups excluding carboxylic acids is 1. The summed E-state index contributed by atoms with van der Waals surface area (Å²) in [6.07, 6.45) is 5.96. The summed E-state index contributed by atoms with van der Waals surface area (Å²) in [7, 11) is 0. The molecule has 1 aliphatic carbocycles.